The fourth-order valence-electron chi connectivity index (χ4n) is 3.23. The van der Waals surface area contributed by atoms with Crippen LogP contribution in [0.15, 0.2) is 47.4 Å². The lowest BCUT2D eigenvalue weighted by Crippen LogP contribution is -2.30. The molecule has 0 saturated heterocycles. The Morgan fingerprint density at radius 1 is 1.04 bits per heavy atom. The van der Waals surface area contributed by atoms with Gasteiger partial charge in [0.2, 0.25) is 0 Å². The van der Waals surface area contributed by atoms with Crippen LogP contribution in [0, 0.1) is 5.92 Å². The Hall–Kier alpha value is -2.54. The molecule has 1 heterocycles. The lowest BCUT2D eigenvalue weighted by Gasteiger charge is -2.23. The normalized spacial score (nSPS) is 17.2. The number of benzene rings is 2. The monoisotopic (exact) mass is 387 g/mol. The topological polar surface area (TPSA) is 81.7 Å². The summed E-state index contributed by atoms with van der Waals surface area (Å²) in [5, 5.41) is 3.09. The van der Waals surface area contributed by atoms with Crippen molar-refractivity contribution in [3.05, 3.63) is 53.6 Å². The van der Waals surface area contributed by atoms with Crippen LogP contribution >= 0.6 is 0 Å². The van der Waals surface area contributed by atoms with E-state index in [2.05, 4.69) is 5.32 Å². The Morgan fingerprint density at radius 3 is 2.33 bits per heavy atom. The minimum Gasteiger partial charge on any atom is -0.486 e. The molecule has 1 atom stereocenters. The van der Waals surface area contributed by atoms with Crippen LogP contribution < -0.4 is 14.8 Å². The molecule has 1 aliphatic carbocycles. The molecule has 6 nitrogen and oxygen atoms in total. The summed E-state index contributed by atoms with van der Waals surface area (Å²) in [6.45, 7) is 1.06. The molecule has 1 saturated carbocycles. The Labute approximate surface area is 158 Å². The van der Waals surface area contributed by atoms with Gasteiger partial charge in [0.05, 0.1) is 10.9 Å². The molecule has 0 aromatic heterocycles. The Balaban J connectivity index is 1.54. The summed E-state index contributed by atoms with van der Waals surface area (Å²) >= 11 is 0. The molecule has 0 bridgehead atoms. The summed E-state index contributed by atoms with van der Waals surface area (Å²) in [5.41, 5.74) is 1.42. The van der Waals surface area contributed by atoms with Crippen LogP contribution in [0.2, 0.25) is 0 Å². The molecule has 2 aliphatic rings. The van der Waals surface area contributed by atoms with Crippen molar-refractivity contribution >= 4 is 15.7 Å². The number of fused-ring (bicyclic) bond motifs is 1. The maximum atomic E-state index is 12.7. The Bertz CT molecular complexity index is 964. The van der Waals surface area contributed by atoms with Gasteiger partial charge >= 0.3 is 0 Å². The molecule has 1 N–H and O–H groups in total. The lowest BCUT2D eigenvalue weighted by atomic mass is 10.0. The first-order valence-electron chi connectivity index (χ1n) is 8.92. The van der Waals surface area contributed by atoms with Gasteiger partial charge in [0.1, 0.15) is 13.2 Å². The van der Waals surface area contributed by atoms with Crippen molar-refractivity contribution in [2.75, 3.05) is 19.5 Å². The predicted molar refractivity (Wildman–Crippen MR) is 99.9 cm³/mol. The molecule has 0 spiro atoms. The number of nitrogens with one attached hydrogen (secondary N) is 1. The van der Waals surface area contributed by atoms with Gasteiger partial charge in [0.25, 0.3) is 5.91 Å². The second kappa shape index (κ2) is 6.88. The maximum Gasteiger partial charge on any atom is 0.251 e. The third-order valence-corrected chi connectivity index (χ3v) is 5.98. The van der Waals surface area contributed by atoms with Crippen molar-refractivity contribution in [1.29, 1.82) is 0 Å². The van der Waals surface area contributed by atoms with Gasteiger partial charge in [-0.05, 0) is 60.7 Å². The van der Waals surface area contributed by atoms with Crippen molar-refractivity contribution in [2.45, 2.75) is 23.8 Å². The van der Waals surface area contributed by atoms with Crippen LogP contribution in [-0.4, -0.2) is 33.8 Å². The first-order valence-corrected chi connectivity index (χ1v) is 10.8. The maximum absolute atomic E-state index is 12.7. The number of hydrogen-bond acceptors (Lipinski definition) is 5. The molecule has 7 heteroatoms. The van der Waals surface area contributed by atoms with Crippen LogP contribution in [0.1, 0.15) is 34.8 Å². The average Bonchev–Trinajstić information content (AvgIpc) is 3.50. The Morgan fingerprint density at radius 2 is 1.70 bits per heavy atom. The number of ether oxygens (including phenoxy) is 2. The zero-order valence-electron chi connectivity index (χ0n) is 15.0. The minimum absolute atomic E-state index is 0.108. The highest BCUT2D eigenvalue weighted by Crippen LogP contribution is 2.43. The van der Waals surface area contributed by atoms with E-state index in [-0.39, 0.29) is 16.8 Å². The zero-order valence-corrected chi connectivity index (χ0v) is 15.8. The Kier molecular flexibility index (Phi) is 4.55. The molecule has 0 unspecified atom stereocenters. The fourth-order valence-corrected chi connectivity index (χ4v) is 3.86. The van der Waals surface area contributed by atoms with Crippen molar-refractivity contribution in [3.63, 3.8) is 0 Å². The van der Waals surface area contributed by atoms with Crippen LogP contribution in [0.5, 0.6) is 11.5 Å². The number of amides is 1. The molecule has 1 aliphatic heterocycles. The summed E-state index contributed by atoms with van der Waals surface area (Å²) in [7, 11) is -3.28. The third kappa shape index (κ3) is 3.93. The van der Waals surface area contributed by atoms with Crippen LogP contribution in [0.3, 0.4) is 0 Å². The second-order valence-electron chi connectivity index (χ2n) is 6.99. The number of carbonyl (C=O) groups excluding carboxylic acids is 1. The van der Waals surface area contributed by atoms with Gasteiger partial charge in [-0.1, -0.05) is 6.07 Å². The van der Waals surface area contributed by atoms with Gasteiger partial charge in [-0.2, -0.15) is 0 Å². The van der Waals surface area contributed by atoms with Gasteiger partial charge in [-0.15, -0.1) is 0 Å². The summed E-state index contributed by atoms with van der Waals surface area (Å²) in [4.78, 5) is 12.9. The molecule has 2 aromatic carbocycles. The van der Waals surface area contributed by atoms with E-state index in [1.165, 1.54) is 12.1 Å². The quantitative estimate of drug-likeness (QED) is 0.853. The van der Waals surface area contributed by atoms with Crippen molar-refractivity contribution in [3.8, 4) is 11.5 Å². The smallest absolute Gasteiger partial charge is 0.251 e. The molecule has 2 aromatic rings. The molecule has 142 valence electrons. The summed E-state index contributed by atoms with van der Waals surface area (Å²) in [6, 6.07) is 11.7. The van der Waals surface area contributed by atoms with Gasteiger partial charge in [0.15, 0.2) is 21.3 Å². The van der Waals surface area contributed by atoms with E-state index in [0.29, 0.717) is 30.4 Å². The summed E-state index contributed by atoms with van der Waals surface area (Å²) in [6.07, 6.45) is 3.27. The average molecular weight is 387 g/mol. The highest BCUT2D eigenvalue weighted by atomic mass is 32.2. The van der Waals surface area contributed by atoms with E-state index < -0.39 is 9.84 Å². The lowest BCUT2D eigenvalue weighted by molar-refractivity contribution is 0.0931. The van der Waals surface area contributed by atoms with E-state index in [1.54, 1.807) is 12.1 Å². The molecule has 1 fully saturated rings. The first kappa shape index (κ1) is 17.9. The SMILES string of the molecule is CS(=O)(=O)c1ccc(C(=O)N[C@@H](c2ccc3c(c2)OCCO3)C2CC2)cc1. The summed E-state index contributed by atoms with van der Waals surface area (Å²) in [5.74, 6) is 1.60. The van der Waals surface area contributed by atoms with E-state index in [1.807, 2.05) is 18.2 Å². The van der Waals surface area contributed by atoms with E-state index >= 15 is 0 Å². The van der Waals surface area contributed by atoms with Gasteiger partial charge in [-0.3, -0.25) is 4.79 Å². The molecule has 4 rings (SSSR count). The van der Waals surface area contributed by atoms with Crippen molar-refractivity contribution in [2.24, 2.45) is 5.92 Å². The molecule has 27 heavy (non-hydrogen) atoms. The van der Waals surface area contributed by atoms with E-state index in [4.69, 9.17) is 9.47 Å². The second-order valence-corrected chi connectivity index (χ2v) is 9.00. The number of carbonyl (C=O) groups is 1. The zero-order chi connectivity index (χ0) is 19.0. The summed E-state index contributed by atoms with van der Waals surface area (Å²) < 4.78 is 34.4. The van der Waals surface area contributed by atoms with E-state index in [9.17, 15) is 13.2 Å². The van der Waals surface area contributed by atoms with E-state index in [0.717, 1.165) is 30.4 Å². The van der Waals surface area contributed by atoms with Gasteiger partial charge in [-0.25, -0.2) is 8.42 Å². The van der Waals surface area contributed by atoms with Gasteiger partial charge in [0, 0.05) is 11.8 Å². The molecular weight excluding hydrogens is 366 g/mol. The van der Waals surface area contributed by atoms with Crippen LogP contribution in [0.4, 0.5) is 0 Å². The van der Waals surface area contributed by atoms with Crippen LogP contribution in [-0.2, 0) is 9.84 Å². The molecule has 1 amide bonds. The van der Waals surface area contributed by atoms with Crippen molar-refractivity contribution < 1.29 is 22.7 Å². The number of rotatable bonds is 5. The molecular formula is C20H21NO5S. The predicted octanol–water partition coefficient (Wildman–Crippen LogP) is 2.74. The van der Waals surface area contributed by atoms with Crippen LogP contribution in [0.25, 0.3) is 0 Å². The van der Waals surface area contributed by atoms with Crippen molar-refractivity contribution in [1.82, 2.24) is 5.32 Å². The third-order valence-electron chi connectivity index (χ3n) is 4.85. The standard InChI is InChI=1S/C20H21NO5S/c1-27(23,24)16-7-4-14(5-8-16)20(22)21-19(13-2-3-13)15-6-9-17-18(12-15)26-11-10-25-17/h4-9,12-13,19H,2-3,10-11H2,1H3,(H,21,22)/t19-/m1/s1. The molecule has 0 radical (unpaired) electrons. The largest absolute Gasteiger partial charge is 0.486 e. The fraction of sp³-hybridized carbons (Fsp3) is 0.350. The minimum atomic E-state index is -3.28. The number of sulfone groups is 1. The number of hydrogen-bond donors (Lipinski definition) is 1. The highest BCUT2D eigenvalue weighted by Gasteiger charge is 2.34. The highest BCUT2D eigenvalue weighted by molar-refractivity contribution is 7.90. The first-order chi connectivity index (χ1) is 12.9. The van der Waals surface area contributed by atoms with Gasteiger partial charge < -0.3 is 14.8 Å².